The van der Waals surface area contributed by atoms with Gasteiger partial charge in [0.2, 0.25) is 5.91 Å². The van der Waals surface area contributed by atoms with Crippen LogP contribution in [0.3, 0.4) is 0 Å². The number of aryl methyl sites for hydroxylation is 1. The molecular weight excluding hydrogens is 248 g/mol. The van der Waals surface area contributed by atoms with Crippen molar-refractivity contribution in [2.24, 2.45) is 17.6 Å². The van der Waals surface area contributed by atoms with Crippen LogP contribution in [0.5, 0.6) is 0 Å². The number of carbonyl (C=O) groups excluding carboxylic acids is 1. The van der Waals surface area contributed by atoms with Crippen LogP contribution in [0.25, 0.3) is 0 Å². The van der Waals surface area contributed by atoms with Gasteiger partial charge in [0.1, 0.15) is 6.04 Å². The summed E-state index contributed by atoms with van der Waals surface area (Å²) in [6.07, 6.45) is 1.19. The van der Waals surface area contributed by atoms with Crippen LogP contribution in [0.15, 0.2) is 24.3 Å². The molecule has 1 saturated heterocycles. The Balaban J connectivity index is 2.15. The van der Waals surface area contributed by atoms with Crippen LogP contribution in [0.2, 0.25) is 0 Å². The number of rotatable bonds is 2. The van der Waals surface area contributed by atoms with Gasteiger partial charge in [-0.3, -0.25) is 4.79 Å². The first-order chi connectivity index (χ1) is 9.40. The Morgan fingerprint density at radius 2 is 1.85 bits per heavy atom. The summed E-state index contributed by atoms with van der Waals surface area (Å²) in [6.45, 7) is 9.42. The fraction of sp³-hybridized carbons (Fsp3) is 0.588. The molecule has 0 spiro atoms. The minimum Gasteiger partial charge on any atom is -0.338 e. The van der Waals surface area contributed by atoms with E-state index in [0.29, 0.717) is 11.8 Å². The average molecular weight is 274 g/mol. The maximum absolute atomic E-state index is 12.7. The average Bonchev–Trinajstić information content (AvgIpc) is 2.42. The Hall–Kier alpha value is -1.35. The van der Waals surface area contributed by atoms with E-state index in [9.17, 15) is 4.79 Å². The number of nitrogens with two attached hydrogens (primary N) is 1. The molecule has 0 radical (unpaired) electrons. The fourth-order valence-corrected chi connectivity index (χ4v) is 3.10. The van der Waals surface area contributed by atoms with Crippen LogP contribution in [0.4, 0.5) is 0 Å². The molecule has 3 nitrogen and oxygen atoms in total. The van der Waals surface area contributed by atoms with Gasteiger partial charge in [-0.25, -0.2) is 0 Å². The van der Waals surface area contributed by atoms with E-state index in [2.05, 4.69) is 20.8 Å². The van der Waals surface area contributed by atoms with Crippen molar-refractivity contribution in [1.29, 1.82) is 0 Å². The highest BCUT2D eigenvalue weighted by Crippen LogP contribution is 2.29. The van der Waals surface area contributed by atoms with Crippen molar-refractivity contribution < 1.29 is 4.79 Å². The number of benzene rings is 1. The van der Waals surface area contributed by atoms with Crippen molar-refractivity contribution in [3.8, 4) is 0 Å². The van der Waals surface area contributed by atoms with Crippen molar-refractivity contribution >= 4 is 5.91 Å². The van der Waals surface area contributed by atoms with E-state index in [-0.39, 0.29) is 11.9 Å². The lowest BCUT2D eigenvalue weighted by atomic mass is 9.85. The Morgan fingerprint density at radius 1 is 1.25 bits per heavy atom. The Labute approximate surface area is 122 Å². The third-order valence-corrected chi connectivity index (χ3v) is 4.58. The van der Waals surface area contributed by atoms with E-state index in [4.69, 9.17) is 5.73 Å². The molecular formula is C17H26N2O. The zero-order valence-corrected chi connectivity index (χ0v) is 13.0. The maximum atomic E-state index is 12.7. The lowest BCUT2D eigenvalue weighted by Gasteiger charge is -2.42. The van der Waals surface area contributed by atoms with E-state index >= 15 is 0 Å². The number of carbonyl (C=O) groups is 1. The zero-order chi connectivity index (χ0) is 14.9. The first kappa shape index (κ1) is 15.0. The fourth-order valence-electron chi connectivity index (χ4n) is 3.10. The summed E-state index contributed by atoms with van der Waals surface area (Å²) in [5, 5.41) is 0. The van der Waals surface area contributed by atoms with Gasteiger partial charge in [-0.2, -0.15) is 0 Å². The topological polar surface area (TPSA) is 46.3 Å². The molecule has 2 N–H and O–H groups in total. The van der Waals surface area contributed by atoms with Crippen molar-refractivity contribution in [1.82, 2.24) is 4.90 Å². The van der Waals surface area contributed by atoms with Gasteiger partial charge in [0.25, 0.3) is 0 Å². The van der Waals surface area contributed by atoms with E-state index in [1.54, 1.807) is 0 Å². The normalized spacial score (nSPS) is 28.2. The number of piperidine rings is 1. The van der Waals surface area contributed by atoms with E-state index in [0.717, 1.165) is 12.1 Å². The summed E-state index contributed by atoms with van der Waals surface area (Å²) in [5.41, 5.74) is 8.27. The summed E-state index contributed by atoms with van der Waals surface area (Å²) >= 11 is 0. The van der Waals surface area contributed by atoms with Gasteiger partial charge in [0.05, 0.1) is 0 Å². The molecule has 4 atom stereocenters. The van der Waals surface area contributed by atoms with Crippen LogP contribution in [-0.2, 0) is 4.79 Å². The molecule has 4 unspecified atom stereocenters. The molecule has 0 aliphatic carbocycles. The smallest absolute Gasteiger partial charge is 0.244 e. The SMILES string of the molecule is Cc1ccc(C(N)C(=O)N2CC(C)CC(C)C2C)cc1. The number of nitrogens with zero attached hydrogens (tertiary/aromatic N) is 1. The number of amides is 1. The standard InChI is InChI=1S/C17H26N2O/c1-11-5-7-15(8-6-11)16(18)17(20)19-10-12(2)9-13(3)14(19)4/h5-8,12-14,16H,9-10,18H2,1-4H3. The molecule has 0 aromatic heterocycles. The van der Waals surface area contributed by atoms with Crippen LogP contribution in [-0.4, -0.2) is 23.4 Å². The highest BCUT2D eigenvalue weighted by atomic mass is 16.2. The molecule has 1 fully saturated rings. The Bertz CT molecular complexity index is 468. The van der Waals surface area contributed by atoms with Crippen molar-refractivity contribution in [3.63, 3.8) is 0 Å². The number of hydrogen-bond donors (Lipinski definition) is 1. The molecule has 1 heterocycles. The van der Waals surface area contributed by atoms with Crippen LogP contribution < -0.4 is 5.73 Å². The van der Waals surface area contributed by atoms with Gasteiger partial charge in [-0.05, 0) is 37.7 Å². The molecule has 20 heavy (non-hydrogen) atoms. The summed E-state index contributed by atoms with van der Waals surface area (Å²) in [4.78, 5) is 14.7. The summed E-state index contributed by atoms with van der Waals surface area (Å²) in [6, 6.07) is 7.66. The molecule has 1 amide bonds. The van der Waals surface area contributed by atoms with E-state index in [1.165, 1.54) is 12.0 Å². The predicted molar refractivity (Wildman–Crippen MR) is 82.2 cm³/mol. The summed E-state index contributed by atoms with van der Waals surface area (Å²) in [5.74, 6) is 1.14. The summed E-state index contributed by atoms with van der Waals surface area (Å²) < 4.78 is 0. The third-order valence-electron chi connectivity index (χ3n) is 4.58. The quantitative estimate of drug-likeness (QED) is 0.901. The second-order valence-electron chi connectivity index (χ2n) is 6.44. The molecule has 2 rings (SSSR count). The predicted octanol–water partition coefficient (Wildman–Crippen LogP) is 2.89. The van der Waals surface area contributed by atoms with Crippen molar-refractivity contribution in [2.45, 2.75) is 46.2 Å². The molecule has 0 saturated carbocycles. The largest absolute Gasteiger partial charge is 0.338 e. The minimum atomic E-state index is -0.546. The number of hydrogen-bond acceptors (Lipinski definition) is 2. The van der Waals surface area contributed by atoms with Gasteiger partial charge >= 0.3 is 0 Å². The van der Waals surface area contributed by atoms with Crippen LogP contribution in [0, 0.1) is 18.8 Å². The van der Waals surface area contributed by atoms with Crippen molar-refractivity contribution in [3.05, 3.63) is 35.4 Å². The molecule has 1 aromatic carbocycles. The van der Waals surface area contributed by atoms with E-state index < -0.39 is 6.04 Å². The first-order valence-electron chi connectivity index (χ1n) is 7.52. The lowest BCUT2D eigenvalue weighted by molar-refractivity contribution is -0.138. The highest BCUT2D eigenvalue weighted by Gasteiger charge is 2.34. The summed E-state index contributed by atoms with van der Waals surface area (Å²) in [7, 11) is 0. The maximum Gasteiger partial charge on any atom is 0.244 e. The van der Waals surface area contributed by atoms with Crippen LogP contribution >= 0.6 is 0 Å². The van der Waals surface area contributed by atoms with Crippen LogP contribution in [0.1, 0.15) is 44.4 Å². The molecule has 1 aromatic rings. The minimum absolute atomic E-state index is 0.0553. The second kappa shape index (κ2) is 5.96. The van der Waals surface area contributed by atoms with E-state index in [1.807, 2.05) is 36.1 Å². The van der Waals surface area contributed by atoms with Crippen molar-refractivity contribution in [2.75, 3.05) is 6.54 Å². The third kappa shape index (κ3) is 3.04. The molecule has 0 bridgehead atoms. The molecule has 110 valence electrons. The first-order valence-corrected chi connectivity index (χ1v) is 7.52. The molecule has 1 aliphatic rings. The second-order valence-corrected chi connectivity index (χ2v) is 6.44. The van der Waals surface area contributed by atoms with Gasteiger partial charge < -0.3 is 10.6 Å². The highest BCUT2D eigenvalue weighted by molar-refractivity contribution is 5.83. The monoisotopic (exact) mass is 274 g/mol. The Kier molecular flexibility index (Phi) is 4.48. The molecule has 3 heteroatoms. The van der Waals surface area contributed by atoms with Gasteiger partial charge in [0.15, 0.2) is 0 Å². The number of likely N-dealkylation sites (tertiary alicyclic amines) is 1. The Morgan fingerprint density at radius 3 is 2.45 bits per heavy atom. The zero-order valence-electron chi connectivity index (χ0n) is 13.0. The van der Waals surface area contributed by atoms with Gasteiger partial charge in [0, 0.05) is 12.6 Å². The molecule has 1 aliphatic heterocycles. The lowest BCUT2D eigenvalue weighted by Crippen LogP contribution is -2.51. The van der Waals surface area contributed by atoms with Gasteiger partial charge in [-0.15, -0.1) is 0 Å². The van der Waals surface area contributed by atoms with Gasteiger partial charge in [-0.1, -0.05) is 43.7 Å².